The second-order valence-electron chi connectivity index (χ2n) is 2.93. The molecular formula is C9H9N3O4. The van der Waals surface area contributed by atoms with E-state index in [0.29, 0.717) is 6.41 Å². The van der Waals surface area contributed by atoms with Gasteiger partial charge in [-0.2, -0.15) is 0 Å². The molecule has 0 aromatic heterocycles. The van der Waals surface area contributed by atoms with Crippen LogP contribution in [0.5, 0.6) is 0 Å². The number of anilines is 2. The summed E-state index contributed by atoms with van der Waals surface area (Å²) >= 11 is 0. The standard InChI is InChI=1S/C9H9N3O4/c1-6(14)11-8-3-2-7(10-5-13)4-9(8)12(15)16/h2-5H,1H3,(H,10,13)(H,11,14). The van der Waals surface area contributed by atoms with Gasteiger partial charge in [0.05, 0.1) is 4.92 Å². The molecule has 0 unspecified atom stereocenters. The number of amides is 2. The molecule has 1 aromatic carbocycles. The highest BCUT2D eigenvalue weighted by atomic mass is 16.6. The molecule has 0 fully saturated rings. The van der Waals surface area contributed by atoms with Gasteiger partial charge in [-0.1, -0.05) is 0 Å². The second kappa shape index (κ2) is 4.87. The van der Waals surface area contributed by atoms with Gasteiger partial charge in [0.1, 0.15) is 5.69 Å². The summed E-state index contributed by atoms with van der Waals surface area (Å²) in [5, 5.41) is 15.3. The van der Waals surface area contributed by atoms with Crippen molar-refractivity contribution in [1.29, 1.82) is 0 Å². The van der Waals surface area contributed by atoms with Gasteiger partial charge in [0.25, 0.3) is 5.69 Å². The molecule has 0 radical (unpaired) electrons. The van der Waals surface area contributed by atoms with Crippen molar-refractivity contribution in [2.24, 2.45) is 0 Å². The Morgan fingerprint density at radius 3 is 2.69 bits per heavy atom. The number of rotatable bonds is 4. The SMILES string of the molecule is CC(=O)Nc1ccc(NC=O)cc1[N+](=O)[O-]. The number of nitro groups is 1. The molecule has 0 bridgehead atoms. The molecule has 2 N–H and O–H groups in total. The summed E-state index contributed by atoms with van der Waals surface area (Å²) in [5.41, 5.74) is 0.104. The molecule has 1 rings (SSSR count). The van der Waals surface area contributed by atoms with Crippen molar-refractivity contribution in [1.82, 2.24) is 0 Å². The maximum Gasteiger partial charge on any atom is 0.294 e. The summed E-state index contributed by atoms with van der Waals surface area (Å²) in [6.45, 7) is 1.25. The minimum atomic E-state index is -0.638. The summed E-state index contributed by atoms with van der Waals surface area (Å²) in [4.78, 5) is 31.0. The first kappa shape index (κ1) is 11.6. The molecule has 0 aliphatic rings. The third-order valence-electron chi connectivity index (χ3n) is 1.73. The van der Waals surface area contributed by atoms with Crippen LogP contribution in [-0.2, 0) is 9.59 Å². The minimum Gasteiger partial charge on any atom is -0.328 e. The number of hydrogen-bond donors (Lipinski definition) is 2. The smallest absolute Gasteiger partial charge is 0.294 e. The Balaban J connectivity index is 3.13. The number of benzene rings is 1. The van der Waals surface area contributed by atoms with Crippen LogP contribution in [-0.4, -0.2) is 17.2 Å². The van der Waals surface area contributed by atoms with Crippen molar-refractivity contribution in [3.05, 3.63) is 28.3 Å². The predicted molar refractivity (Wildman–Crippen MR) is 57.1 cm³/mol. The van der Waals surface area contributed by atoms with E-state index < -0.39 is 10.8 Å². The van der Waals surface area contributed by atoms with Gasteiger partial charge in [0.15, 0.2) is 0 Å². The van der Waals surface area contributed by atoms with E-state index >= 15 is 0 Å². The van der Waals surface area contributed by atoms with Crippen LogP contribution >= 0.6 is 0 Å². The lowest BCUT2D eigenvalue weighted by molar-refractivity contribution is -0.383. The molecule has 1 aromatic rings. The highest BCUT2D eigenvalue weighted by molar-refractivity contribution is 5.92. The molecule has 0 heterocycles. The Morgan fingerprint density at radius 2 is 2.19 bits per heavy atom. The van der Waals surface area contributed by atoms with Gasteiger partial charge in [-0.15, -0.1) is 0 Å². The number of nitro benzene ring substituents is 1. The minimum absolute atomic E-state index is 0.0916. The highest BCUT2D eigenvalue weighted by Gasteiger charge is 2.15. The van der Waals surface area contributed by atoms with E-state index in [1.807, 2.05) is 0 Å². The van der Waals surface area contributed by atoms with Crippen LogP contribution in [0.3, 0.4) is 0 Å². The zero-order valence-electron chi connectivity index (χ0n) is 8.39. The number of hydrogen-bond acceptors (Lipinski definition) is 4. The van der Waals surface area contributed by atoms with E-state index in [1.165, 1.54) is 25.1 Å². The Morgan fingerprint density at radius 1 is 1.50 bits per heavy atom. The van der Waals surface area contributed by atoms with Gasteiger partial charge in [-0.05, 0) is 12.1 Å². The lowest BCUT2D eigenvalue weighted by atomic mass is 10.2. The summed E-state index contributed by atoms with van der Waals surface area (Å²) in [5.74, 6) is -0.404. The summed E-state index contributed by atoms with van der Waals surface area (Å²) in [7, 11) is 0. The van der Waals surface area contributed by atoms with Crippen molar-refractivity contribution in [3.63, 3.8) is 0 Å². The molecule has 7 nitrogen and oxygen atoms in total. The first-order valence-corrected chi connectivity index (χ1v) is 4.31. The molecule has 0 aliphatic heterocycles. The summed E-state index contributed by atoms with van der Waals surface area (Å²) in [6.07, 6.45) is 0.414. The fourth-order valence-electron chi connectivity index (χ4n) is 1.14. The summed E-state index contributed by atoms with van der Waals surface area (Å²) in [6, 6.07) is 3.97. The van der Waals surface area contributed by atoms with Crippen LogP contribution < -0.4 is 10.6 Å². The fraction of sp³-hybridized carbons (Fsp3) is 0.111. The van der Waals surface area contributed by atoms with Crippen molar-refractivity contribution < 1.29 is 14.5 Å². The third kappa shape index (κ3) is 2.77. The maximum atomic E-state index is 10.8. The Bertz CT molecular complexity index is 444. The van der Waals surface area contributed by atoms with Crippen molar-refractivity contribution in [2.75, 3.05) is 10.6 Å². The maximum absolute atomic E-state index is 10.8. The molecule has 7 heteroatoms. The quantitative estimate of drug-likeness (QED) is 0.453. The molecule has 0 saturated heterocycles. The lowest BCUT2D eigenvalue weighted by Crippen LogP contribution is -2.08. The third-order valence-corrected chi connectivity index (χ3v) is 1.73. The Labute approximate surface area is 90.6 Å². The van der Waals surface area contributed by atoms with E-state index in [4.69, 9.17) is 0 Å². The number of nitrogens with one attached hydrogen (secondary N) is 2. The Kier molecular flexibility index (Phi) is 3.54. The van der Waals surface area contributed by atoms with Crippen molar-refractivity contribution in [3.8, 4) is 0 Å². The molecule has 0 spiro atoms. The van der Waals surface area contributed by atoms with Crippen LogP contribution in [0.1, 0.15) is 6.92 Å². The fourth-order valence-corrected chi connectivity index (χ4v) is 1.14. The molecule has 0 atom stereocenters. The van der Waals surface area contributed by atoms with Crippen LogP contribution in [0.15, 0.2) is 18.2 Å². The monoisotopic (exact) mass is 223 g/mol. The molecular weight excluding hydrogens is 214 g/mol. The van der Waals surface area contributed by atoms with Gasteiger partial charge < -0.3 is 10.6 Å². The van der Waals surface area contributed by atoms with Gasteiger partial charge in [-0.25, -0.2) is 0 Å². The van der Waals surface area contributed by atoms with Gasteiger partial charge >= 0.3 is 0 Å². The van der Waals surface area contributed by atoms with Crippen LogP contribution in [0.4, 0.5) is 17.1 Å². The number of nitrogens with zero attached hydrogens (tertiary/aromatic N) is 1. The van der Waals surface area contributed by atoms with E-state index in [-0.39, 0.29) is 17.1 Å². The summed E-state index contributed by atoms with van der Waals surface area (Å²) < 4.78 is 0. The normalized spacial score (nSPS) is 9.31. The van der Waals surface area contributed by atoms with Gasteiger partial charge in [0, 0.05) is 18.7 Å². The van der Waals surface area contributed by atoms with Crippen LogP contribution in [0.2, 0.25) is 0 Å². The van der Waals surface area contributed by atoms with E-state index in [1.54, 1.807) is 0 Å². The predicted octanol–water partition coefficient (Wildman–Crippen LogP) is 1.12. The zero-order valence-corrected chi connectivity index (χ0v) is 8.39. The molecule has 2 amide bonds. The first-order chi connectivity index (χ1) is 7.54. The van der Waals surface area contributed by atoms with Gasteiger partial charge in [0.2, 0.25) is 12.3 Å². The number of carbonyl (C=O) groups excluding carboxylic acids is 2. The molecule has 0 saturated carbocycles. The zero-order chi connectivity index (χ0) is 12.1. The largest absolute Gasteiger partial charge is 0.328 e. The average molecular weight is 223 g/mol. The molecule has 0 aliphatic carbocycles. The second-order valence-corrected chi connectivity index (χ2v) is 2.93. The van der Waals surface area contributed by atoms with E-state index in [9.17, 15) is 19.7 Å². The van der Waals surface area contributed by atoms with Crippen LogP contribution in [0.25, 0.3) is 0 Å². The Hall–Kier alpha value is -2.44. The van der Waals surface area contributed by atoms with Crippen molar-refractivity contribution >= 4 is 29.4 Å². The number of carbonyl (C=O) groups is 2. The highest BCUT2D eigenvalue weighted by Crippen LogP contribution is 2.27. The molecule has 84 valence electrons. The van der Waals surface area contributed by atoms with E-state index in [2.05, 4.69) is 10.6 Å². The van der Waals surface area contributed by atoms with Gasteiger partial charge in [-0.3, -0.25) is 19.7 Å². The molecule has 16 heavy (non-hydrogen) atoms. The van der Waals surface area contributed by atoms with Crippen molar-refractivity contribution in [2.45, 2.75) is 6.92 Å². The topological polar surface area (TPSA) is 101 Å². The lowest BCUT2D eigenvalue weighted by Gasteiger charge is -2.05. The average Bonchev–Trinajstić information content (AvgIpc) is 2.19. The first-order valence-electron chi connectivity index (χ1n) is 4.31. The van der Waals surface area contributed by atoms with E-state index in [0.717, 1.165) is 0 Å². The van der Waals surface area contributed by atoms with Crippen LogP contribution in [0, 0.1) is 10.1 Å².